The molecular formula is C10H12FNO. The highest BCUT2D eigenvalue weighted by molar-refractivity contribution is 5.42. The Labute approximate surface area is 76.7 Å². The first-order valence-electron chi connectivity index (χ1n) is 4.38. The van der Waals surface area contributed by atoms with Crippen LogP contribution in [-0.4, -0.2) is 13.7 Å². The highest BCUT2D eigenvalue weighted by Gasteiger charge is 2.16. The van der Waals surface area contributed by atoms with Crippen molar-refractivity contribution in [2.75, 3.05) is 13.7 Å². The second-order valence-corrected chi connectivity index (χ2v) is 3.15. The van der Waals surface area contributed by atoms with Crippen LogP contribution in [0.1, 0.15) is 11.1 Å². The molecule has 70 valence electrons. The second kappa shape index (κ2) is 3.34. The van der Waals surface area contributed by atoms with Crippen molar-refractivity contribution >= 4 is 0 Å². The van der Waals surface area contributed by atoms with E-state index in [9.17, 15) is 4.39 Å². The summed E-state index contributed by atoms with van der Waals surface area (Å²) in [6.45, 7) is 1.71. The summed E-state index contributed by atoms with van der Waals surface area (Å²) in [6.07, 6.45) is 0.844. The number of benzene rings is 1. The predicted octanol–water partition coefficient (Wildman–Crippen LogP) is 1.48. The quantitative estimate of drug-likeness (QED) is 0.708. The minimum Gasteiger partial charge on any atom is -0.493 e. The Kier molecular flexibility index (Phi) is 2.19. The van der Waals surface area contributed by atoms with E-state index in [0.717, 1.165) is 30.6 Å². The predicted molar refractivity (Wildman–Crippen MR) is 48.4 cm³/mol. The lowest BCUT2D eigenvalue weighted by atomic mass is 10.00. The zero-order valence-electron chi connectivity index (χ0n) is 7.56. The monoisotopic (exact) mass is 181 g/mol. The molecule has 0 bridgehead atoms. The molecule has 0 aromatic heterocycles. The topological polar surface area (TPSA) is 21.3 Å². The van der Waals surface area contributed by atoms with E-state index in [1.54, 1.807) is 0 Å². The van der Waals surface area contributed by atoms with Crippen LogP contribution in [0.4, 0.5) is 4.39 Å². The molecule has 2 nitrogen and oxygen atoms in total. The number of nitrogens with one attached hydrogen (secondary N) is 1. The van der Waals surface area contributed by atoms with E-state index in [4.69, 9.17) is 4.74 Å². The van der Waals surface area contributed by atoms with Crippen LogP contribution in [0, 0.1) is 5.82 Å². The number of methoxy groups -OCH3 is 1. The fraction of sp³-hybridized carbons (Fsp3) is 0.400. The van der Waals surface area contributed by atoms with E-state index >= 15 is 0 Å². The summed E-state index contributed by atoms with van der Waals surface area (Å²) in [5, 5.41) is 3.23. The normalized spacial score (nSPS) is 15.2. The van der Waals surface area contributed by atoms with Crippen LogP contribution in [0.15, 0.2) is 12.1 Å². The molecule has 3 heteroatoms. The van der Waals surface area contributed by atoms with Gasteiger partial charge in [-0.25, -0.2) is 4.39 Å². The van der Waals surface area contributed by atoms with Gasteiger partial charge in [-0.05, 0) is 24.6 Å². The molecule has 0 fully saturated rings. The zero-order chi connectivity index (χ0) is 9.26. The van der Waals surface area contributed by atoms with Gasteiger partial charge in [0.25, 0.3) is 0 Å². The molecule has 0 amide bonds. The minimum atomic E-state index is -0.261. The Morgan fingerprint density at radius 1 is 1.46 bits per heavy atom. The number of hydrogen-bond donors (Lipinski definition) is 1. The average molecular weight is 181 g/mol. The van der Waals surface area contributed by atoms with Crippen LogP contribution in [0.5, 0.6) is 5.75 Å². The van der Waals surface area contributed by atoms with Crippen LogP contribution < -0.4 is 10.1 Å². The minimum absolute atomic E-state index is 0.261. The molecule has 1 aliphatic heterocycles. The first-order valence-corrected chi connectivity index (χ1v) is 4.38. The van der Waals surface area contributed by atoms with Crippen LogP contribution in [0.2, 0.25) is 0 Å². The molecule has 0 radical (unpaired) electrons. The average Bonchev–Trinajstić information content (AvgIpc) is 2.18. The third-order valence-corrected chi connectivity index (χ3v) is 2.38. The van der Waals surface area contributed by atoms with Crippen LogP contribution in [0.25, 0.3) is 0 Å². The van der Waals surface area contributed by atoms with Crippen molar-refractivity contribution < 1.29 is 9.13 Å². The van der Waals surface area contributed by atoms with Crippen LogP contribution in [-0.2, 0) is 13.0 Å². The van der Waals surface area contributed by atoms with E-state index in [1.165, 1.54) is 13.2 Å². The SMILES string of the molecule is COc1c(F)ccc2c1CCNC2. The van der Waals surface area contributed by atoms with Crippen molar-refractivity contribution in [3.63, 3.8) is 0 Å². The lowest BCUT2D eigenvalue weighted by Crippen LogP contribution is -2.24. The molecule has 0 unspecified atom stereocenters. The first kappa shape index (κ1) is 8.51. The molecule has 0 atom stereocenters. The van der Waals surface area contributed by atoms with Gasteiger partial charge < -0.3 is 10.1 Å². The van der Waals surface area contributed by atoms with E-state index in [-0.39, 0.29) is 5.82 Å². The van der Waals surface area contributed by atoms with Gasteiger partial charge in [0.15, 0.2) is 11.6 Å². The van der Waals surface area contributed by atoms with Gasteiger partial charge in [-0.2, -0.15) is 0 Å². The van der Waals surface area contributed by atoms with Crippen molar-refractivity contribution in [1.82, 2.24) is 5.32 Å². The van der Waals surface area contributed by atoms with Gasteiger partial charge in [-0.15, -0.1) is 0 Å². The highest BCUT2D eigenvalue weighted by atomic mass is 19.1. The smallest absolute Gasteiger partial charge is 0.165 e. The molecule has 13 heavy (non-hydrogen) atoms. The van der Waals surface area contributed by atoms with Gasteiger partial charge in [-0.1, -0.05) is 6.07 Å². The molecule has 0 spiro atoms. The van der Waals surface area contributed by atoms with E-state index in [1.807, 2.05) is 6.07 Å². The summed E-state index contributed by atoms with van der Waals surface area (Å²) in [5.41, 5.74) is 2.16. The van der Waals surface area contributed by atoms with E-state index in [0.29, 0.717) is 5.75 Å². The largest absolute Gasteiger partial charge is 0.493 e. The molecule has 1 aromatic rings. The van der Waals surface area contributed by atoms with E-state index < -0.39 is 0 Å². The number of halogens is 1. The second-order valence-electron chi connectivity index (χ2n) is 3.15. The van der Waals surface area contributed by atoms with E-state index in [2.05, 4.69) is 5.32 Å². The van der Waals surface area contributed by atoms with Gasteiger partial charge in [0.1, 0.15) is 0 Å². The maximum absolute atomic E-state index is 13.2. The summed E-state index contributed by atoms with van der Waals surface area (Å²) in [7, 11) is 1.51. The summed E-state index contributed by atoms with van der Waals surface area (Å²) >= 11 is 0. The standard InChI is InChI=1S/C10H12FNO/c1-13-10-8-4-5-12-6-7(8)2-3-9(10)11/h2-3,12H,4-6H2,1H3. The van der Waals surface area contributed by atoms with Crippen molar-refractivity contribution in [3.05, 3.63) is 29.1 Å². The zero-order valence-corrected chi connectivity index (χ0v) is 7.56. The van der Waals surface area contributed by atoms with Crippen molar-refractivity contribution in [3.8, 4) is 5.75 Å². The van der Waals surface area contributed by atoms with Crippen molar-refractivity contribution in [1.29, 1.82) is 0 Å². The fourth-order valence-electron chi connectivity index (χ4n) is 1.74. The molecular weight excluding hydrogens is 169 g/mol. The number of hydrogen-bond acceptors (Lipinski definition) is 2. The molecule has 1 N–H and O–H groups in total. The summed E-state index contributed by atoms with van der Waals surface area (Å²) < 4.78 is 18.3. The lowest BCUT2D eigenvalue weighted by Gasteiger charge is -2.19. The first-order chi connectivity index (χ1) is 6.33. The fourth-order valence-corrected chi connectivity index (χ4v) is 1.74. The number of ether oxygens (including phenoxy) is 1. The Morgan fingerprint density at radius 2 is 2.31 bits per heavy atom. The summed E-state index contributed by atoms with van der Waals surface area (Å²) in [4.78, 5) is 0. The van der Waals surface area contributed by atoms with Gasteiger partial charge in [-0.3, -0.25) is 0 Å². The molecule has 0 saturated heterocycles. The van der Waals surface area contributed by atoms with Gasteiger partial charge in [0.2, 0.25) is 0 Å². The molecule has 0 aliphatic carbocycles. The Hall–Kier alpha value is -1.09. The third-order valence-electron chi connectivity index (χ3n) is 2.38. The Balaban J connectivity index is 2.52. The highest BCUT2D eigenvalue weighted by Crippen LogP contribution is 2.27. The Bertz CT molecular complexity index is 325. The maximum Gasteiger partial charge on any atom is 0.165 e. The Morgan fingerprint density at radius 3 is 3.08 bits per heavy atom. The molecule has 1 heterocycles. The van der Waals surface area contributed by atoms with Gasteiger partial charge >= 0.3 is 0 Å². The molecule has 1 aromatic carbocycles. The summed E-state index contributed by atoms with van der Waals surface area (Å²) in [5.74, 6) is 0.155. The van der Waals surface area contributed by atoms with Crippen molar-refractivity contribution in [2.45, 2.75) is 13.0 Å². The van der Waals surface area contributed by atoms with Crippen LogP contribution >= 0.6 is 0 Å². The van der Waals surface area contributed by atoms with Crippen LogP contribution in [0.3, 0.4) is 0 Å². The molecule has 0 saturated carbocycles. The number of rotatable bonds is 1. The molecule has 2 rings (SSSR count). The van der Waals surface area contributed by atoms with Gasteiger partial charge in [0, 0.05) is 12.1 Å². The number of fused-ring (bicyclic) bond motifs is 1. The third kappa shape index (κ3) is 1.40. The lowest BCUT2D eigenvalue weighted by molar-refractivity contribution is 0.378. The summed E-state index contributed by atoms with van der Waals surface area (Å²) in [6, 6.07) is 3.28. The molecule has 1 aliphatic rings. The maximum atomic E-state index is 13.2. The van der Waals surface area contributed by atoms with Crippen molar-refractivity contribution in [2.24, 2.45) is 0 Å². The van der Waals surface area contributed by atoms with Gasteiger partial charge in [0.05, 0.1) is 7.11 Å².